The molecule has 3 atom stereocenters. The first-order chi connectivity index (χ1) is 13.2. The van der Waals surface area contributed by atoms with E-state index in [4.69, 9.17) is 14.6 Å². The maximum Gasteiger partial charge on any atom is 0.490 e. The number of benzene rings is 1. The Bertz CT molecular complexity index is 667. The van der Waals surface area contributed by atoms with Gasteiger partial charge in [0.25, 0.3) is 0 Å². The lowest BCUT2D eigenvalue weighted by molar-refractivity contribution is -0.192. The number of hydrogen-bond acceptors (Lipinski definition) is 3. The van der Waals surface area contributed by atoms with Crippen molar-refractivity contribution in [1.29, 1.82) is 0 Å². The van der Waals surface area contributed by atoms with E-state index >= 15 is 0 Å². The molecular formula is C20H25BrF3NO3. The van der Waals surface area contributed by atoms with Crippen molar-refractivity contribution in [2.45, 2.75) is 69.3 Å². The lowest BCUT2D eigenvalue weighted by Crippen LogP contribution is -2.55. The van der Waals surface area contributed by atoms with Gasteiger partial charge in [0.05, 0.1) is 0 Å². The van der Waals surface area contributed by atoms with E-state index < -0.39 is 12.1 Å². The van der Waals surface area contributed by atoms with Crippen LogP contribution >= 0.6 is 15.9 Å². The lowest BCUT2D eigenvalue weighted by Gasteiger charge is -2.48. The van der Waals surface area contributed by atoms with E-state index in [0.717, 1.165) is 28.2 Å². The highest BCUT2D eigenvalue weighted by atomic mass is 79.9. The SMILES string of the molecule is Brc1cccc(O[C@@H]2C[C@H]3CCC[C@@H](C2)N3CC2CC2)c1.O=C(O)C(F)(F)F. The number of nitrogens with zero attached hydrogens (tertiary/aromatic N) is 1. The second-order valence-electron chi connectivity index (χ2n) is 7.85. The fourth-order valence-corrected chi connectivity index (χ4v) is 4.53. The molecule has 2 bridgehead atoms. The van der Waals surface area contributed by atoms with Crippen molar-refractivity contribution in [2.75, 3.05) is 6.54 Å². The molecule has 1 saturated carbocycles. The number of alkyl halides is 3. The number of carbonyl (C=O) groups is 1. The van der Waals surface area contributed by atoms with Gasteiger partial charge in [0.1, 0.15) is 11.9 Å². The van der Waals surface area contributed by atoms with E-state index in [1.807, 2.05) is 0 Å². The van der Waals surface area contributed by atoms with Crippen LogP contribution < -0.4 is 4.74 Å². The summed E-state index contributed by atoms with van der Waals surface area (Å²) in [6.07, 6.45) is 4.86. The van der Waals surface area contributed by atoms with E-state index in [1.54, 1.807) is 0 Å². The number of aliphatic carboxylic acids is 1. The van der Waals surface area contributed by atoms with Crippen LogP contribution in [0.2, 0.25) is 0 Å². The normalized spacial score (nSPS) is 27.5. The van der Waals surface area contributed by atoms with Crippen molar-refractivity contribution in [2.24, 2.45) is 5.92 Å². The predicted octanol–water partition coefficient (Wildman–Crippen LogP) is 5.26. The third-order valence-corrected chi connectivity index (χ3v) is 6.08. The first-order valence-corrected chi connectivity index (χ1v) is 10.5. The van der Waals surface area contributed by atoms with E-state index in [9.17, 15) is 13.2 Å². The van der Waals surface area contributed by atoms with Crippen molar-refractivity contribution in [1.82, 2.24) is 4.90 Å². The fourth-order valence-electron chi connectivity index (χ4n) is 4.15. The topological polar surface area (TPSA) is 49.8 Å². The maximum atomic E-state index is 10.6. The van der Waals surface area contributed by atoms with Crippen LogP contribution in [-0.2, 0) is 4.79 Å². The minimum atomic E-state index is -5.08. The molecule has 2 aliphatic heterocycles. The van der Waals surface area contributed by atoms with E-state index in [2.05, 4.69) is 45.1 Å². The Hall–Kier alpha value is -1.28. The largest absolute Gasteiger partial charge is 0.490 e. The van der Waals surface area contributed by atoms with E-state index in [1.165, 1.54) is 51.5 Å². The Balaban J connectivity index is 0.000000279. The number of rotatable bonds is 4. The average Bonchev–Trinajstić information content (AvgIpc) is 3.39. The van der Waals surface area contributed by atoms with Gasteiger partial charge in [-0.05, 0) is 62.6 Å². The molecular weight excluding hydrogens is 439 g/mol. The molecule has 156 valence electrons. The summed E-state index contributed by atoms with van der Waals surface area (Å²) in [6.45, 7) is 1.36. The highest BCUT2D eigenvalue weighted by Crippen LogP contribution is 2.39. The Morgan fingerprint density at radius 2 is 1.79 bits per heavy atom. The highest BCUT2D eigenvalue weighted by Gasteiger charge is 2.41. The number of halogens is 4. The Kier molecular flexibility index (Phi) is 6.91. The monoisotopic (exact) mass is 463 g/mol. The van der Waals surface area contributed by atoms with E-state index in [0.29, 0.717) is 6.10 Å². The molecule has 2 heterocycles. The van der Waals surface area contributed by atoms with Gasteiger partial charge < -0.3 is 9.84 Å². The number of carboxylic acids is 1. The van der Waals surface area contributed by atoms with Crippen LogP contribution in [0.1, 0.15) is 44.9 Å². The summed E-state index contributed by atoms with van der Waals surface area (Å²) in [7, 11) is 0. The number of hydrogen-bond donors (Lipinski definition) is 1. The second kappa shape index (κ2) is 9.03. The Morgan fingerprint density at radius 3 is 2.29 bits per heavy atom. The van der Waals surface area contributed by atoms with Crippen molar-refractivity contribution in [3.05, 3.63) is 28.7 Å². The molecule has 0 radical (unpaired) electrons. The summed E-state index contributed by atoms with van der Waals surface area (Å²) in [4.78, 5) is 11.7. The van der Waals surface area contributed by atoms with Crippen molar-refractivity contribution < 1.29 is 27.8 Å². The van der Waals surface area contributed by atoms with Crippen LogP contribution in [0.25, 0.3) is 0 Å². The summed E-state index contributed by atoms with van der Waals surface area (Å²) >= 11 is 3.53. The quantitative estimate of drug-likeness (QED) is 0.661. The second-order valence-corrected chi connectivity index (χ2v) is 8.77. The van der Waals surface area contributed by atoms with Crippen LogP contribution in [-0.4, -0.2) is 46.9 Å². The third-order valence-electron chi connectivity index (χ3n) is 5.59. The first kappa shape index (κ1) is 21.4. The molecule has 0 aromatic heterocycles. The molecule has 1 aromatic rings. The van der Waals surface area contributed by atoms with E-state index in [-0.39, 0.29) is 0 Å². The highest BCUT2D eigenvalue weighted by molar-refractivity contribution is 9.10. The van der Waals surface area contributed by atoms with Gasteiger partial charge in [-0.2, -0.15) is 13.2 Å². The number of piperidine rings is 2. The number of carboxylic acid groups (broad SMARTS) is 1. The summed E-state index contributed by atoms with van der Waals surface area (Å²) in [5.41, 5.74) is 0. The molecule has 1 aliphatic carbocycles. The van der Waals surface area contributed by atoms with Gasteiger partial charge in [-0.15, -0.1) is 0 Å². The Labute approximate surface area is 171 Å². The molecule has 1 N–H and O–H groups in total. The molecule has 3 fully saturated rings. The number of ether oxygens (including phenoxy) is 1. The molecule has 0 amide bonds. The van der Waals surface area contributed by atoms with Crippen molar-refractivity contribution >= 4 is 21.9 Å². The third kappa shape index (κ3) is 6.11. The van der Waals surface area contributed by atoms with Crippen LogP contribution in [0.4, 0.5) is 13.2 Å². The lowest BCUT2D eigenvalue weighted by atomic mass is 9.82. The first-order valence-electron chi connectivity index (χ1n) is 9.70. The average molecular weight is 464 g/mol. The van der Waals surface area contributed by atoms with Gasteiger partial charge in [0, 0.05) is 23.1 Å². The minimum Gasteiger partial charge on any atom is -0.490 e. The molecule has 3 aliphatic rings. The van der Waals surface area contributed by atoms with Gasteiger partial charge in [-0.25, -0.2) is 4.79 Å². The summed E-state index contributed by atoms with van der Waals surface area (Å²) < 4.78 is 39.1. The summed E-state index contributed by atoms with van der Waals surface area (Å²) in [6, 6.07) is 9.83. The zero-order valence-corrected chi connectivity index (χ0v) is 17.1. The van der Waals surface area contributed by atoms with Crippen LogP contribution in [0, 0.1) is 5.92 Å². The molecule has 4 rings (SSSR count). The molecule has 0 unspecified atom stereocenters. The maximum absolute atomic E-state index is 10.6. The zero-order valence-electron chi connectivity index (χ0n) is 15.5. The van der Waals surface area contributed by atoms with Crippen molar-refractivity contribution in [3.8, 4) is 5.75 Å². The van der Waals surface area contributed by atoms with Gasteiger partial charge in [0.2, 0.25) is 0 Å². The smallest absolute Gasteiger partial charge is 0.490 e. The van der Waals surface area contributed by atoms with Gasteiger partial charge in [-0.3, -0.25) is 4.90 Å². The van der Waals surface area contributed by atoms with Gasteiger partial charge in [-0.1, -0.05) is 28.4 Å². The zero-order chi connectivity index (χ0) is 20.3. The minimum absolute atomic E-state index is 0.407. The van der Waals surface area contributed by atoms with Crippen LogP contribution in [0.5, 0.6) is 5.75 Å². The molecule has 1 aromatic carbocycles. The predicted molar refractivity (Wildman–Crippen MR) is 102 cm³/mol. The molecule has 0 spiro atoms. The Morgan fingerprint density at radius 1 is 1.18 bits per heavy atom. The van der Waals surface area contributed by atoms with Crippen LogP contribution in [0.15, 0.2) is 28.7 Å². The van der Waals surface area contributed by atoms with Crippen LogP contribution in [0.3, 0.4) is 0 Å². The standard InChI is InChI=1S/C18H24BrNO.C2HF3O2/c19-14-3-1-6-17(9-14)21-18-10-15-4-2-5-16(11-18)20(15)12-13-7-8-13;3-2(4,5)1(6)7/h1,3,6,9,13,15-16,18H,2,4-5,7-8,10-12H2;(H,6,7)/t15-,16+,18-;. The van der Waals surface area contributed by atoms with Gasteiger partial charge in [0.15, 0.2) is 0 Å². The van der Waals surface area contributed by atoms with Crippen molar-refractivity contribution in [3.63, 3.8) is 0 Å². The molecule has 8 heteroatoms. The molecule has 2 saturated heterocycles. The number of fused-ring (bicyclic) bond motifs is 2. The molecule has 28 heavy (non-hydrogen) atoms. The fraction of sp³-hybridized carbons (Fsp3) is 0.650. The summed E-state index contributed by atoms with van der Waals surface area (Å²) in [5, 5.41) is 7.12. The summed E-state index contributed by atoms with van der Waals surface area (Å²) in [5.74, 6) is -0.730. The van der Waals surface area contributed by atoms with Gasteiger partial charge >= 0.3 is 12.1 Å². The molecule has 4 nitrogen and oxygen atoms in total.